The van der Waals surface area contributed by atoms with E-state index in [-0.39, 0.29) is 12.3 Å². The third-order valence-corrected chi connectivity index (χ3v) is 1.63. The van der Waals surface area contributed by atoms with Crippen LogP contribution >= 0.6 is 11.6 Å². The van der Waals surface area contributed by atoms with Crippen LogP contribution in [0.4, 0.5) is 0 Å². The van der Waals surface area contributed by atoms with Gasteiger partial charge in [-0.3, -0.25) is 10.1 Å². The molecule has 0 amide bonds. The second-order valence-corrected chi connectivity index (χ2v) is 2.39. The highest BCUT2D eigenvalue weighted by Crippen LogP contribution is 2.14. The molecule has 0 aliphatic rings. The van der Waals surface area contributed by atoms with Gasteiger partial charge < -0.3 is 5.11 Å². The smallest absolute Gasteiger partial charge is 0.330 e. The molecular weight excluding hydrogens is 158 g/mol. The summed E-state index contributed by atoms with van der Waals surface area (Å²) in [6.45, 7) is 1.75. The SMILES string of the molecule is CCCC(O)(CCl)[N+](=O)[O-]. The van der Waals surface area contributed by atoms with Gasteiger partial charge in [-0.25, -0.2) is 0 Å². The molecule has 60 valence electrons. The van der Waals surface area contributed by atoms with Crippen LogP contribution in [0.15, 0.2) is 0 Å². The first-order valence-corrected chi connectivity index (χ1v) is 3.53. The van der Waals surface area contributed by atoms with Gasteiger partial charge in [0.25, 0.3) is 0 Å². The first-order valence-electron chi connectivity index (χ1n) is 2.99. The molecule has 0 aliphatic carbocycles. The lowest BCUT2D eigenvalue weighted by atomic mass is 10.1. The van der Waals surface area contributed by atoms with Gasteiger partial charge in [0.05, 0.1) is 4.92 Å². The first-order chi connectivity index (χ1) is 4.56. The van der Waals surface area contributed by atoms with Crippen LogP contribution in [-0.2, 0) is 0 Å². The third kappa shape index (κ3) is 2.11. The quantitative estimate of drug-likeness (QED) is 0.294. The van der Waals surface area contributed by atoms with E-state index in [2.05, 4.69) is 0 Å². The van der Waals surface area contributed by atoms with Crippen molar-refractivity contribution in [1.82, 2.24) is 0 Å². The minimum absolute atomic E-state index is 0.101. The highest BCUT2D eigenvalue weighted by Gasteiger charge is 2.37. The van der Waals surface area contributed by atoms with Gasteiger partial charge in [-0.2, -0.15) is 0 Å². The second kappa shape index (κ2) is 3.73. The number of rotatable bonds is 4. The van der Waals surface area contributed by atoms with E-state index in [1.165, 1.54) is 0 Å². The molecule has 0 aromatic heterocycles. The molecule has 0 rings (SSSR count). The van der Waals surface area contributed by atoms with Gasteiger partial charge in [-0.1, -0.05) is 6.92 Å². The van der Waals surface area contributed by atoms with Crippen LogP contribution in [0.3, 0.4) is 0 Å². The minimum atomic E-state index is -1.92. The Bertz CT molecular complexity index is 130. The number of halogens is 1. The van der Waals surface area contributed by atoms with Crippen molar-refractivity contribution in [2.75, 3.05) is 5.88 Å². The van der Waals surface area contributed by atoms with Crippen molar-refractivity contribution < 1.29 is 10.0 Å². The fourth-order valence-electron chi connectivity index (χ4n) is 0.607. The highest BCUT2D eigenvalue weighted by atomic mass is 35.5. The molecule has 0 aromatic carbocycles. The van der Waals surface area contributed by atoms with E-state index in [9.17, 15) is 10.1 Å². The summed E-state index contributed by atoms with van der Waals surface area (Å²) in [4.78, 5) is 9.37. The number of nitro groups is 1. The lowest BCUT2D eigenvalue weighted by molar-refractivity contribution is -0.619. The lowest BCUT2D eigenvalue weighted by Crippen LogP contribution is -2.39. The van der Waals surface area contributed by atoms with Gasteiger partial charge in [-0.15, -0.1) is 11.6 Å². The lowest BCUT2D eigenvalue weighted by Gasteiger charge is -2.14. The molecule has 1 atom stereocenters. The van der Waals surface area contributed by atoms with E-state index in [0.717, 1.165) is 0 Å². The molecule has 4 nitrogen and oxygen atoms in total. The van der Waals surface area contributed by atoms with Gasteiger partial charge in [0.15, 0.2) is 0 Å². The third-order valence-electron chi connectivity index (χ3n) is 1.20. The summed E-state index contributed by atoms with van der Waals surface area (Å²) in [6, 6.07) is 0. The predicted molar refractivity (Wildman–Crippen MR) is 37.6 cm³/mol. The Morgan fingerprint density at radius 3 is 2.40 bits per heavy atom. The van der Waals surface area contributed by atoms with Crippen LogP contribution in [-0.4, -0.2) is 21.6 Å². The zero-order valence-corrected chi connectivity index (χ0v) is 6.47. The van der Waals surface area contributed by atoms with Crippen LogP contribution in [0.1, 0.15) is 19.8 Å². The summed E-state index contributed by atoms with van der Waals surface area (Å²) < 4.78 is 0. The number of hydrogen-bond donors (Lipinski definition) is 1. The van der Waals surface area contributed by atoms with Gasteiger partial charge in [-0.05, 0) is 6.42 Å². The van der Waals surface area contributed by atoms with Gasteiger partial charge in [0, 0.05) is 6.42 Å². The molecule has 0 aromatic rings. The Kier molecular flexibility index (Phi) is 3.60. The van der Waals surface area contributed by atoms with Crippen LogP contribution in [0.2, 0.25) is 0 Å². The number of hydrogen-bond acceptors (Lipinski definition) is 3. The first kappa shape index (κ1) is 9.65. The summed E-state index contributed by atoms with van der Waals surface area (Å²) in [5.41, 5.74) is -1.92. The fraction of sp³-hybridized carbons (Fsp3) is 1.00. The van der Waals surface area contributed by atoms with Crippen molar-refractivity contribution in [3.05, 3.63) is 10.1 Å². The predicted octanol–water partition coefficient (Wildman–Crippen LogP) is 0.991. The van der Waals surface area contributed by atoms with Crippen molar-refractivity contribution in [1.29, 1.82) is 0 Å². The van der Waals surface area contributed by atoms with E-state index in [0.29, 0.717) is 6.42 Å². The van der Waals surface area contributed by atoms with Gasteiger partial charge in [0.2, 0.25) is 0 Å². The zero-order valence-electron chi connectivity index (χ0n) is 5.71. The molecule has 0 heterocycles. The summed E-state index contributed by atoms with van der Waals surface area (Å²) in [7, 11) is 0. The molecule has 0 radical (unpaired) electrons. The minimum Gasteiger partial charge on any atom is -0.330 e. The molecular formula is C5H10ClNO3. The number of alkyl halides is 1. The van der Waals surface area contributed by atoms with E-state index >= 15 is 0 Å². The van der Waals surface area contributed by atoms with Crippen molar-refractivity contribution in [2.24, 2.45) is 0 Å². The van der Waals surface area contributed by atoms with Crippen LogP contribution in [0.25, 0.3) is 0 Å². The molecule has 0 saturated heterocycles. The molecule has 5 heteroatoms. The summed E-state index contributed by atoms with van der Waals surface area (Å²) in [6.07, 6.45) is 0.647. The summed E-state index contributed by atoms with van der Waals surface area (Å²) >= 11 is 5.19. The molecule has 0 bridgehead atoms. The van der Waals surface area contributed by atoms with Gasteiger partial charge >= 0.3 is 5.72 Å². The molecule has 0 saturated carbocycles. The Labute approximate surface area is 63.9 Å². The van der Waals surface area contributed by atoms with E-state index in [4.69, 9.17) is 16.7 Å². The molecule has 0 spiro atoms. The average molecular weight is 168 g/mol. The fourth-order valence-corrected chi connectivity index (χ4v) is 0.839. The largest absolute Gasteiger partial charge is 0.335 e. The van der Waals surface area contributed by atoms with E-state index in [1.807, 2.05) is 0 Å². The average Bonchev–Trinajstić information content (AvgIpc) is 1.88. The Morgan fingerprint density at radius 2 is 2.30 bits per heavy atom. The summed E-state index contributed by atoms with van der Waals surface area (Å²) in [5, 5.41) is 19.2. The van der Waals surface area contributed by atoms with Crippen LogP contribution in [0.5, 0.6) is 0 Å². The Morgan fingerprint density at radius 1 is 1.80 bits per heavy atom. The molecule has 1 N–H and O–H groups in total. The van der Waals surface area contributed by atoms with Crippen LogP contribution in [0, 0.1) is 10.1 Å². The second-order valence-electron chi connectivity index (χ2n) is 2.12. The monoisotopic (exact) mass is 167 g/mol. The van der Waals surface area contributed by atoms with E-state index < -0.39 is 10.6 Å². The van der Waals surface area contributed by atoms with Crippen LogP contribution < -0.4 is 0 Å². The topological polar surface area (TPSA) is 63.4 Å². The Hall–Kier alpha value is -0.350. The maximum Gasteiger partial charge on any atom is 0.335 e. The zero-order chi connectivity index (χ0) is 8.20. The molecule has 0 fully saturated rings. The van der Waals surface area contributed by atoms with E-state index in [1.54, 1.807) is 6.92 Å². The van der Waals surface area contributed by atoms with Gasteiger partial charge in [0.1, 0.15) is 5.88 Å². The highest BCUT2D eigenvalue weighted by molar-refractivity contribution is 6.18. The molecule has 10 heavy (non-hydrogen) atoms. The maximum absolute atomic E-state index is 10.1. The van der Waals surface area contributed by atoms with Crippen molar-refractivity contribution >= 4 is 11.6 Å². The molecule has 1 unspecified atom stereocenters. The van der Waals surface area contributed by atoms with Crippen molar-refractivity contribution in [2.45, 2.75) is 25.5 Å². The van der Waals surface area contributed by atoms with Crippen molar-refractivity contribution in [3.8, 4) is 0 Å². The molecule has 0 aliphatic heterocycles. The standard InChI is InChI=1S/C5H10ClNO3/c1-2-3-5(8,4-6)7(9)10/h8H,2-4H2,1H3. The van der Waals surface area contributed by atoms with Crippen molar-refractivity contribution in [3.63, 3.8) is 0 Å². The normalized spacial score (nSPS) is 16.3. The summed E-state index contributed by atoms with van der Waals surface area (Å²) in [5.74, 6) is -0.353. The number of nitrogens with zero attached hydrogens (tertiary/aromatic N) is 1. The number of aliphatic hydroxyl groups is 1. The Balaban J connectivity index is 4.08. The maximum atomic E-state index is 10.1.